The molecule has 2 N–H and O–H groups in total. The van der Waals surface area contributed by atoms with Crippen molar-refractivity contribution in [3.05, 3.63) is 42.1 Å². The Balaban J connectivity index is 1.97. The number of rotatable bonds is 4. The molecule has 1 aromatic heterocycles. The molecule has 2 amide bonds. The number of para-hydroxylation sites is 1. The number of aromatic nitrogens is 1. The van der Waals surface area contributed by atoms with Gasteiger partial charge in [0.05, 0.1) is 5.52 Å². The number of amides is 2. The van der Waals surface area contributed by atoms with Gasteiger partial charge in [0.25, 0.3) is 0 Å². The quantitative estimate of drug-likeness (QED) is 0.866. The number of benzene rings is 1. The number of hydrogen-bond acceptors (Lipinski definition) is 2. The summed E-state index contributed by atoms with van der Waals surface area (Å²) >= 11 is 0. The maximum atomic E-state index is 11.4. The molecule has 2 rings (SSSR count). The van der Waals surface area contributed by atoms with Crippen LogP contribution in [0.1, 0.15) is 18.9 Å². The van der Waals surface area contributed by atoms with Crippen molar-refractivity contribution in [2.45, 2.75) is 19.9 Å². The van der Waals surface area contributed by atoms with Gasteiger partial charge in [0.15, 0.2) is 0 Å². The van der Waals surface area contributed by atoms with Crippen molar-refractivity contribution >= 4 is 16.9 Å². The third-order valence-electron chi connectivity index (χ3n) is 2.64. The summed E-state index contributed by atoms with van der Waals surface area (Å²) < 4.78 is 0. The average molecular weight is 243 g/mol. The maximum absolute atomic E-state index is 11.4. The Morgan fingerprint density at radius 2 is 2.11 bits per heavy atom. The molecule has 0 spiro atoms. The van der Waals surface area contributed by atoms with Crippen LogP contribution >= 0.6 is 0 Å². The van der Waals surface area contributed by atoms with E-state index in [2.05, 4.69) is 15.6 Å². The molecule has 0 saturated carbocycles. The lowest BCUT2D eigenvalue weighted by atomic mass is 10.1. The van der Waals surface area contributed by atoms with Crippen molar-refractivity contribution in [3.63, 3.8) is 0 Å². The van der Waals surface area contributed by atoms with Crippen LogP contribution in [0.3, 0.4) is 0 Å². The predicted octanol–water partition coefficient (Wildman–Crippen LogP) is 2.44. The van der Waals surface area contributed by atoms with E-state index in [-0.39, 0.29) is 6.03 Å². The standard InChI is InChI=1S/C14H17N3O/c1-2-7-15-14(18)17-10-11-8-12-5-3-4-6-13(12)16-9-11/h3-6,8-9H,2,7,10H2,1H3,(H2,15,17,18). The summed E-state index contributed by atoms with van der Waals surface area (Å²) in [5.41, 5.74) is 1.97. The van der Waals surface area contributed by atoms with E-state index in [0.717, 1.165) is 22.9 Å². The highest BCUT2D eigenvalue weighted by atomic mass is 16.2. The molecule has 4 heteroatoms. The van der Waals surface area contributed by atoms with Crippen molar-refractivity contribution in [2.24, 2.45) is 0 Å². The number of urea groups is 1. The second-order valence-corrected chi connectivity index (χ2v) is 4.15. The summed E-state index contributed by atoms with van der Waals surface area (Å²) in [4.78, 5) is 15.7. The lowest BCUT2D eigenvalue weighted by Crippen LogP contribution is -2.35. The molecule has 1 aromatic carbocycles. The van der Waals surface area contributed by atoms with Crippen LogP contribution in [0.4, 0.5) is 4.79 Å². The lowest BCUT2D eigenvalue weighted by molar-refractivity contribution is 0.240. The molecule has 0 fully saturated rings. The lowest BCUT2D eigenvalue weighted by Gasteiger charge is -2.07. The summed E-state index contributed by atoms with van der Waals surface area (Å²) in [6.45, 7) is 3.21. The van der Waals surface area contributed by atoms with Crippen LogP contribution in [-0.4, -0.2) is 17.6 Å². The Labute approximate surface area is 106 Å². The molecule has 94 valence electrons. The number of hydrogen-bond donors (Lipinski definition) is 2. The van der Waals surface area contributed by atoms with Gasteiger partial charge in [-0.15, -0.1) is 0 Å². The average Bonchev–Trinajstić information content (AvgIpc) is 2.42. The SMILES string of the molecule is CCCNC(=O)NCc1cnc2ccccc2c1. The summed E-state index contributed by atoms with van der Waals surface area (Å²) in [6.07, 6.45) is 2.73. The van der Waals surface area contributed by atoms with Gasteiger partial charge >= 0.3 is 6.03 Å². The first-order valence-corrected chi connectivity index (χ1v) is 6.15. The molecule has 0 radical (unpaired) electrons. The first kappa shape index (κ1) is 12.4. The van der Waals surface area contributed by atoms with Gasteiger partial charge in [0.2, 0.25) is 0 Å². The molecular weight excluding hydrogens is 226 g/mol. The number of fused-ring (bicyclic) bond motifs is 1. The Kier molecular flexibility index (Phi) is 4.12. The van der Waals surface area contributed by atoms with Crippen LogP contribution in [0.2, 0.25) is 0 Å². The molecule has 0 saturated heterocycles. The summed E-state index contributed by atoms with van der Waals surface area (Å²) in [5.74, 6) is 0. The fourth-order valence-electron chi connectivity index (χ4n) is 1.70. The van der Waals surface area contributed by atoms with Crippen LogP contribution in [0.25, 0.3) is 10.9 Å². The van der Waals surface area contributed by atoms with E-state index in [1.165, 1.54) is 0 Å². The Morgan fingerprint density at radius 3 is 2.94 bits per heavy atom. The summed E-state index contributed by atoms with van der Waals surface area (Å²) in [5, 5.41) is 6.67. The monoisotopic (exact) mass is 243 g/mol. The highest BCUT2D eigenvalue weighted by molar-refractivity contribution is 5.79. The Hall–Kier alpha value is -2.10. The van der Waals surface area contributed by atoms with Crippen molar-refractivity contribution in [1.82, 2.24) is 15.6 Å². The zero-order chi connectivity index (χ0) is 12.8. The molecule has 0 aliphatic carbocycles. The van der Waals surface area contributed by atoms with Crippen LogP contribution in [0.15, 0.2) is 36.5 Å². The molecule has 2 aromatic rings. The van der Waals surface area contributed by atoms with E-state index in [1.807, 2.05) is 37.3 Å². The zero-order valence-corrected chi connectivity index (χ0v) is 10.4. The smallest absolute Gasteiger partial charge is 0.315 e. The number of nitrogens with zero attached hydrogens (tertiary/aromatic N) is 1. The van der Waals surface area contributed by atoms with Gasteiger partial charge in [-0.3, -0.25) is 4.98 Å². The van der Waals surface area contributed by atoms with Crippen molar-refractivity contribution < 1.29 is 4.79 Å². The van der Waals surface area contributed by atoms with E-state index < -0.39 is 0 Å². The van der Waals surface area contributed by atoms with Crippen molar-refractivity contribution in [2.75, 3.05) is 6.54 Å². The van der Waals surface area contributed by atoms with Crippen LogP contribution in [0.5, 0.6) is 0 Å². The molecular formula is C14H17N3O. The minimum Gasteiger partial charge on any atom is -0.338 e. The van der Waals surface area contributed by atoms with Crippen molar-refractivity contribution in [3.8, 4) is 0 Å². The third kappa shape index (κ3) is 3.20. The van der Waals surface area contributed by atoms with Crippen LogP contribution in [0, 0.1) is 0 Å². The second kappa shape index (κ2) is 6.00. The number of nitrogens with one attached hydrogen (secondary N) is 2. The maximum Gasteiger partial charge on any atom is 0.315 e. The summed E-state index contributed by atoms with van der Waals surface area (Å²) in [7, 11) is 0. The molecule has 1 heterocycles. The Morgan fingerprint density at radius 1 is 1.28 bits per heavy atom. The van der Waals surface area contributed by atoms with Gasteiger partial charge in [0.1, 0.15) is 0 Å². The molecule has 0 bridgehead atoms. The van der Waals surface area contributed by atoms with E-state index in [9.17, 15) is 4.79 Å². The zero-order valence-electron chi connectivity index (χ0n) is 10.4. The predicted molar refractivity (Wildman–Crippen MR) is 72.3 cm³/mol. The van der Waals surface area contributed by atoms with Gasteiger partial charge < -0.3 is 10.6 Å². The van der Waals surface area contributed by atoms with E-state index in [0.29, 0.717) is 13.1 Å². The number of carbonyl (C=O) groups is 1. The molecule has 0 aliphatic rings. The first-order chi connectivity index (χ1) is 8.79. The second-order valence-electron chi connectivity index (χ2n) is 4.15. The number of carbonyl (C=O) groups excluding carboxylic acids is 1. The first-order valence-electron chi connectivity index (χ1n) is 6.15. The number of pyridine rings is 1. The minimum atomic E-state index is -0.134. The largest absolute Gasteiger partial charge is 0.338 e. The Bertz CT molecular complexity index is 539. The van der Waals surface area contributed by atoms with Gasteiger partial charge in [-0.25, -0.2) is 4.79 Å². The van der Waals surface area contributed by atoms with Crippen LogP contribution in [-0.2, 0) is 6.54 Å². The van der Waals surface area contributed by atoms with E-state index in [1.54, 1.807) is 6.20 Å². The van der Waals surface area contributed by atoms with Gasteiger partial charge in [-0.05, 0) is 24.1 Å². The minimum absolute atomic E-state index is 0.134. The van der Waals surface area contributed by atoms with E-state index in [4.69, 9.17) is 0 Å². The summed E-state index contributed by atoms with van der Waals surface area (Å²) in [6, 6.07) is 9.84. The van der Waals surface area contributed by atoms with Gasteiger partial charge in [-0.2, -0.15) is 0 Å². The molecule has 0 aliphatic heterocycles. The van der Waals surface area contributed by atoms with E-state index >= 15 is 0 Å². The fourth-order valence-corrected chi connectivity index (χ4v) is 1.70. The van der Waals surface area contributed by atoms with Crippen LogP contribution < -0.4 is 10.6 Å². The molecule has 4 nitrogen and oxygen atoms in total. The molecule has 0 atom stereocenters. The van der Waals surface area contributed by atoms with Gasteiger partial charge in [-0.1, -0.05) is 25.1 Å². The topological polar surface area (TPSA) is 54.0 Å². The highest BCUT2D eigenvalue weighted by Crippen LogP contribution is 2.12. The molecule has 0 unspecified atom stereocenters. The van der Waals surface area contributed by atoms with Crippen molar-refractivity contribution in [1.29, 1.82) is 0 Å². The normalized spacial score (nSPS) is 10.3. The molecule has 18 heavy (non-hydrogen) atoms. The fraction of sp³-hybridized carbons (Fsp3) is 0.286. The third-order valence-corrected chi connectivity index (χ3v) is 2.64. The van der Waals surface area contributed by atoms with Gasteiger partial charge in [0, 0.05) is 24.7 Å². The highest BCUT2D eigenvalue weighted by Gasteiger charge is 2.00.